The van der Waals surface area contributed by atoms with Gasteiger partial charge in [-0.15, -0.1) is 0 Å². The standard InChI is InChI=1S/C14H15NO3S/c1-3-9(2)18-11-7-5-4-6-10(11)8-12-13(16)15-14(17)19-12/h4-9H,3H2,1-2H3,(H,15,16,17). The molecular weight excluding hydrogens is 262 g/mol. The lowest BCUT2D eigenvalue weighted by Crippen LogP contribution is -2.17. The molecule has 1 aliphatic heterocycles. The van der Waals surface area contributed by atoms with Gasteiger partial charge in [0, 0.05) is 5.56 Å². The second kappa shape index (κ2) is 5.93. The van der Waals surface area contributed by atoms with Gasteiger partial charge in [0.2, 0.25) is 0 Å². The van der Waals surface area contributed by atoms with E-state index in [0.717, 1.165) is 29.5 Å². The Morgan fingerprint density at radius 3 is 2.74 bits per heavy atom. The van der Waals surface area contributed by atoms with E-state index in [0.29, 0.717) is 4.91 Å². The van der Waals surface area contributed by atoms with E-state index in [1.54, 1.807) is 6.08 Å². The molecule has 1 aliphatic rings. The summed E-state index contributed by atoms with van der Waals surface area (Å²) in [6.45, 7) is 4.04. The third kappa shape index (κ3) is 3.38. The Hall–Kier alpha value is -1.75. The Morgan fingerprint density at radius 1 is 1.37 bits per heavy atom. The van der Waals surface area contributed by atoms with Crippen LogP contribution in [0.5, 0.6) is 5.75 Å². The number of imide groups is 1. The van der Waals surface area contributed by atoms with Crippen molar-refractivity contribution in [3.63, 3.8) is 0 Å². The van der Waals surface area contributed by atoms with Crippen LogP contribution in [0.15, 0.2) is 29.2 Å². The highest BCUT2D eigenvalue weighted by molar-refractivity contribution is 8.18. The Balaban J connectivity index is 2.27. The van der Waals surface area contributed by atoms with Crippen LogP contribution >= 0.6 is 11.8 Å². The van der Waals surface area contributed by atoms with Crippen LogP contribution in [0.1, 0.15) is 25.8 Å². The molecule has 1 saturated heterocycles. The number of para-hydroxylation sites is 1. The Kier molecular flexibility index (Phi) is 4.27. The Bertz CT molecular complexity index is 539. The van der Waals surface area contributed by atoms with Gasteiger partial charge in [0.1, 0.15) is 5.75 Å². The van der Waals surface area contributed by atoms with E-state index in [-0.39, 0.29) is 17.3 Å². The van der Waals surface area contributed by atoms with Gasteiger partial charge in [-0.1, -0.05) is 25.1 Å². The second-order valence-corrected chi connectivity index (χ2v) is 5.24. The second-order valence-electron chi connectivity index (χ2n) is 4.23. The highest BCUT2D eigenvalue weighted by atomic mass is 32.2. The van der Waals surface area contributed by atoms with Crippen molar-refractivity contribution >= 4 is 29.0 Å². The lowest BCUT2D eigenvalue weighted by atomic mass is 10.1. The number of hydrogen-bond acceptors (Lipinski definition) is 4. The van der Waals surface area contributed by atoms with E-state index in [1.807, 2.05) is 38.1 Å². The molecule has 1 fully saturated rings. The zero-order valence-corrected chi connectivity index (χ0v) is 11.6. The largest absolute Gasteiger partial charge is 0.490 e. The first-order valence-corrected chi connectivity index (χ1v) is 6.92. The quantitative estimate of drug-likeness (QED) is 0.859. The summed E-state index contributed by atoms with van der Waals surface area (Å²) < 4.78 is 5.80. The summed E-state index contributed by atoms with van der Waals surface area (Å²) in [4.78, 5) is 23.0. The molecule has 0 spiro atoms. The molecule has 100 valence electrons. The van der Waals surface area contributed by atoms with Crippen LogP contribution in [0.2, 0.25) is 0 Å². The van der Waals surface area contributed by atoms with E-state index in [4.69, 9.17) is 4.74 Å². The number of nitrogens with one attached hydrogen (secondary N) is 1. The van der Waals surface area contributed by atoms with Gasteiger partial charge in [0.25, 0.3) is 11.1 Å². The lowest BCUT2D eigenvalue weighted by molar-refractivity contribution is -0.115. The third-order valence-corrected chi connectivity index (χ3v) is 3.56. The van der Waals surface area contributed by atoms with E-state index in [1.165, 1.54) is 0 Å². The average molecular weight is 277 g/mol. The van der Waals surface area contributed by atoms with Gasteiger partial charge in [-0.25, -0.2) is 0 Å². The van der Waals surface area contributed by atoms with Crippen molar-refractivity contribution in [2.75, 3.05) is 0 Å². The molecule has 1 unspecified atom stereocenters. The molecule has 0 bridgehead atoms. The summed E-state index contributed by atoms with van der Waals surface area (Å²) in [7, 11) is 0. The normalized spacial score (nSPS) is 18.5. The fraction of sp³-hybridized carbons (Fsp3) is 0.286. The van der Waals surface area contributed by atoms with Crippen LogP contribution in [0.3, 0.4) is 0 Å². The van der Waals surface area contributed by atoms with Crippen LogP contribution < -0.4 is 10.1 Å². The number of amides is 2. The molecule has 19 heavy (non-hydrogen) atoms. The molecule has 1 aromatic rings. The maximum atomic E-state index is 11.5. The van der Waals surface area contributed by atoms with Crippen molar-refractivity contribution in [1.82, 2.24) is 5.32 Å². The van der Waals surface area contributed by atoms with E-state index in [2.05, 4.69) is 5.32 Å². The van der Waals surface area contributed by atoms with Crippen molar-refractivity contribution in [3.8, 4) is 5.75 Å². The van der Waals surface area contributed by atoms with Crippen LogP contribution in [0, 0.1) is 0 Å². The summed E-state index contributed by atoms with van der Waals surface area (Å²) in [5.74, 6) is 0.366. The van der Waals surface area contributed by atoms with Crippen LogP contribution in [-0.2, 0) is 4.79 Å². The van der Waals surface area contributed by atoms with Crippen molar-refractivity contribution < 1.29 is 14.3 Å². The molecule has 1 N–H and O–H groups in total. The number of thioether (sulfide) groups is 1. The van der Waals surface area contributed by atoms with Crippen molar-refractivity contribution in [3.05, 3.63) is 34.7 Å². The first-order chi connectivity index (χ1) is 9.10. The number of hydrogen-bond donors (Lipinski definition) is 1. The predicted octanol–water partition coefficient (Wildman–Crippen LogP) is 3.19. The number of carbonyl (C=O) groups is 2. The van der Waals surface area contributed by atoms with Gasteiger partial charge in [0.05, 0.1) is 11.0 Å². The molecule has 4 nitrogen and oxygen atoms in total. The molecule has 2 amide bonds. The maximum absolute atomic E-state index is 11.5. The van der Waals surface area contributed by atoms with Crippen molar-refractivity contribution in [2.24, 2.45) is 0 Å². The molecule has 0 aromatic heterocycles. The van der Waals surface area contributed by atoms with Crippen LogP contribution in [-0.4, -0.2) is 17.3 Å². The predicted molar refractivity (Wildman–Crippen MR) is 75.9 cm³/mol. The smallest absolute Gasteiger partial charge is 0.290 e. The van der Waals surface area contributed by atoms with Gasteiger partial charge in [-0.05, 0) is 37.2 Å². The minimum absolute atomic E-state index is 0.103. The topological polar surface area (TPSA) is 55.4 Å². The molecule has 1 aromatic carbocycles. The number of benzene rings is 1. The average Bonchev–Trinajstić information content (AvgIpc) is 2.70. The number of ether oxygens (including phenoxy) is 1. The van der Waals surface area contributed by atoms with E-state index < -0.39 is 0 Å². The van der Waals surface area contributed by atoms with E-state index in [9.17, 15) is 9.59 Å². The summed E-state index contributed by atoms with van der Waals surface area (Å²) >= 11 is 0.908. The van der Waals surface area contributed by atoms with Gasteiger partial charge in [-0.2, -0.15) is 0 Å². The Morgan fingerprint density at radius 2 is 2.11 bits per heavy atom. The zero-order valence-electron chi connectivity index (χ0n) is 10.8. The van der Waals surface area contributed by atoms with Gasteiger partial charge >= 0.3 is 0 Å². The van der Waals surface area contributed by atoms with Gasteiger partial charge in [0.15, 0.2) is 0 Å². The monoisotopic (exact) mass is 277 g/mol. The van der Waals surface area contributed by atoms with Gasteiger partial charge in [-0.3, -0.25) is 14.9 Å². The maximum Gasteiger partial charge on any atom is 0.290 e. The SMILES string of the molecule is CCC(C)Oc1ccccc1C=C1SC(=O)NC1=O. The zero-order chi connectivity index (χ0) is 13.8. The van der Waals surface area contributed by atoms with Crippen molar-refractivity contribution in [1.29, 1.82) is 0 Å². The molecule has 1 heterocycles. The first-order valence-electron chi connectivity index (χ1n) is 6.10. The molecule has 0 saturated carbocycles. The summed E-state index contributed by atoms with van der Waals surface area (Å²) in [6, 6.07) is 7.47. The van der Waals surface area contributed by atoms with Crippen LogP contribution in [0.4, 0.5) is 4.79 Å². The fourth-order valence-corrected chi connectivity index (χ4v) is 2.24. The molecular formula is C14H15NO3S. The molecule has 0 aliphatic carbocycles. The fourth-order valence-electron chi connectivity index (χ4n) is 1.57. The summed E-state index contributed by atoms with van der Waals surface area (Å²) in [5.41, 5.74) is 0.801. The lowest BCUT2D eigenvalue weighted by Gasteiger charge is -2.14. The number of carbonyl (C=O) groups excluding carboxylic acids is 2. The van der Waals surface area contributed by atoms with Gasteiger partial charge < -0.3 is 4.74 Å². The minimum atomic E-state index is -0.353. The highest BCUT2D eigenvalue weighted by Gasteiger charge is 2.25. The third-order valence-electron chi connectivity index (χ3n) is 2.75. The minimum Gasteiger partial charge on any atom is -0.490 e. The summed E-state index contributed by atoms with van der Waals surface area (Å²) in [6.07, 6.45) is 2.69. The summed E-state index contributed by atoms with van der Waals surface area (Å²) in [5, 5.41) is 1.90. The van der Waals surface area contributed by atoms with E-state index >= 15 is 0 Å². The highest BCUT2D eigenvalue weighted by Crippen LogP contribution is 2.29. The Labute approximate surface area is 116 Å². The molecule has 1 atom stereocenters. The van der Waals surface area contributed by atoms with Crippen LogP contribution in [0.25, 0.3) is 6.08 Å². The van der Waals surface area contributed by atoms with Crippen molar-refractivity contribution in [2.45, 2.75) is 26.4 Å². The molecule has 0 radical (unpaired) electrons. The molecule has 5 heteroatoms. The molecule has 2 rings (SSSR count). The number of rotatable bonds is 4. The first kappa shape index (κ1) is 13.7.